The molecule has 0 spiro atoms. The molecule has 0 aromatic heterocycles. The second-order valence-corrected chi connectivity index (χ2v) is 5.31. The third-order valence-corrected chi connectivity index (χ3v) is 3.51. The molecule has 1 amide bonds. The lowest BCUT2D eigenvalue weighted by atomic mass is 10.1. The highest BCUT2D eigenvalue weighted by molar-refractivity contribution is 5.97. The molecule has 2 aromatic carbocycles. The van der Waals surface area contributed by atoms with Crippen molar-refractivity contribution in [3.05, 3.63) is 53.6 Å². The molecule has 0 aliphatic rings. The molecule has 0 aliphatic heterocycles. The van der Waals surface area contributed by atoms with Crippen molar-refractivity contribution in [1.29, 1.82) is 0 Å². The molecule has 0 radical (unpaired) electrons. The van der Waals surface area contributed by atoms with Crippen LogP contribution in [0.25, 0.3) is 0 Å². The summed E-state index contributed by atoms with van der Waals surface area (Å²) in [4.78, 5) is 12.5. The molecule has 2 N–H and O–H groups in total. The third-order valence-electron chi connectivity index (χ3n) is 3.51. The van der Waals surface area contributed by atoms with Crippen LogP contribution < -0.4 is 14.8 Å². The molecule has 23 heavy (non-hydrogen) atoms. The quantitative estimate of drug-likeness (QED) is 0.860. The Hall–Kier alpha value is -2.69. The van der Waals surface area contributed by atoms with Crippen molar-refractivity contribution in [3.8, 4) is 17.2 Å². The van der Waals surface area contributed by atoms with Crippen molar-refractivity contribution in [1.82, 2.24) is 5.32 Å². The zero-order valence-electron chi connectivity index (χ0n) is 13.5. The van der Waals surface area contributed by atoms with Gasteiger partial charge < -0.3 is 19.9 Å². The van der Waals surface area contributed by atoms with Crippen molar-refractivity contribution >= 4 is 5.91 Å². The summed E-state index contributed by atoms with van der Waals surface area (Å²) in [7, 11) is 3.08. The second-order valence-electron chi connectivity index (χ2n) is 5.31. The maximum Gasteiger partial charge on any atom is 0.255 e. The molecular formula is C18H21NO4. The average molecular weight is 315 g/mol. The Morgan fingerprint density at radius 2 is 1.83 bits per heavy atom. The Balaban J connectivity index is 2.07. The van der Waals surface area contributed by atoms with Gasteiger partial charge in [-0.25, -0.2) is 0 Å². The van der Waals surface area contributed by atoms with Crippen molar-refractivity contribution in [2.45, 2.75) is 19.4 Å². The number of rotatable bonds is 6. The lowest BCUT2D eigenvalue weighted by Crippen LogP contribution is -2.34. The fourth-order valence-electron chi connectivity index (χ4n) is 2.33. The Bertz CT molecular complexity index is 667. The maximum atomic E-state index is 12.5. The predicted octanol–water partition coefficient (Wildman–Crippen LogP) is 2.77. The number of phenols is 1. The van der Waals surface area contributed by atoms with E-state index in [2.05, 4.69) is 5.32 Å². The lowest BCUT2D eigenvalue weighted by molar-refractivity contribution is 0.0936. The number of hydrogen-bond acceptors (Lipinski definition) is 4. The van der Waals surface area contributed by atoms with Gasteiger partial charge in [0.25, 0.3) is 5.91 Å². The van der Waals surface area contributed by atoms with Gasteiger partial charge in [0.2, 0.25) is 0 Å². The van der Waals surface area contributed by atoms with Crippen LogP contribution in [0.3, 0.4) is 0 Å². The van der Waals surface area contributed by atoms with Gasteiger partial charge in [-0.2, -0.15) is 0 Å². The lowest BCUT2D eigenvalue weighted by Gasteiger charge is -2.16. The van der Waals surface area contributed by atoms with Gasteiger partial charge in [-0.3, -0.25) is 4.79 Å². The van der Waals surface area contributed by atoms with Crippen LogP contribution >= 0.6 is 0 Å². The number of phenolic OH excluding ortho intramolecular Hbond substituents is 1. The van der Waals surface area contributed by atoms with E-state index in [1.165, 1.54) is 7.11 Å². The Morgan fingerprint density at radius 1 is 1.13 bits per heavy atom. The largest absolute Gasteiger partial charge is 0.508 e. The smallest absolute Gasteiger partial charge is 0.255 e. The van der Waals surface area contributed by atoms with Gasteiger partial charge in [0, 0.05) is 6.04 Å². The predicted molar refractivity (Wildman–Crippen MR) is 88.3 cm³/mol. The zero-order chi connectivity index (χ0) is 16.8. The van der Waals surface area contributed by atoms with E-state index in [1.54, 1.807) is 37.4 Å². The van der Waals surface area contributed by atoms with E-state index in [9.17, 15) is 9.90 Å². The summed E-state index contributed by atoms with van der Waals surface area (Å²) < 4.78 is 10.4. The molecule has 2 rings (SSSR count). The Labute approximate surface area is 135 Å². The van der Waals surface area contributed by atoms with E-state index in [-0.39, 0.29) is 17.7 Å². The summed E-state index contributed by atoms with van der Waals surface area (Å²) in [6.07, 6.45) is 0.665. The molecule has 0 saturated carbocycles. The van der Waals surface area contributed by atoms with Gasteiger partial charge in [0.05, 0.1) is 19.8 Å². The van der Waals surface area contributed by atoms with Crippen LogP contribution in [0.1, 0.15) is 22.8 Å². The fourth-order valence-corrected chi connectivity index (χ4v) is 2.33. The molecule has 0 fully saturated rings. The minimum atomic E-state index is -0.216. The summed E-state index contributed by atoms with van der Waals surface area (Å²) in [5.41, 5.74) is 1.47. The number of methoxy groups -OCH3 is 2. The first-order valence-corrected chi connectivity index (χ1v) is 7.34. The van der Waals surface area contributed by atoms with Gasteiger partial charge in [0.15, 0.2) is 0 Å². The highest BCUT2D eigenvalue weighted by atomic mass is 16.5. The summed E-state index contributed by atoms with van der Waals surface area (Å²) in [6, 6.07) is 12.0. The highest BCUT2D eigenvalue weighted by Crippen LogP contribution is 2.24. The summed E-state index contributed by atoms with van der Waals surface area (Å²) >= 11 is 0. The fraction of sp³-hybridized carbons (Fsp3) is 0.278. The van der Waals surface area contributed by atoms with Gasteiger partial charge in [0.1, 0.15) is 17.2 Å². The van der Waals surface area contributed by atoms with Crippen LogP contribution in [-0.2, 0) is 6.42 Å². The zero-order valence-corrected chi connectivity index (χ0v) is 13.5. The number of nitrogens with one attached hydrogen (secondary N) is 1. The summed E-state index contributed by atoms with van der Waals surface area (Å²) in [5.74, 6) is 1.11. The number of carbonyl (C=O) groups excluding carboxylic acids is 1. The van der Waals surface area contributed by atoms with E-state index in [4.69, 9.17) is 9.47 Å². The molecule has 0 saturated heterocycles. The average Bonchev–Trinajstić information content (AvgIpc) is 2.56. The molecule has 1 unspecified atom stereocenters. The third kappa shape index (κ3) is 4.39. The molecule has 2 aromatic rings. The second kappa shape index (κ2) is 7.54. The number of carbonyl (C=O) groups is 1. The molecule has 0 bridgehead atoms. The standard InChI is InChI=1S/C18H21NO4/c1-12(10-13-4-6-14(20)7-5-13)19-18(21)16-11-15(22-2)8-9-17(16)23-3/h4-9,11-12,20H,10H2,1-3H3,(H,19,21). The molecule has 0 aliphatic carbocycles. The first-order valence-electron chi connectivity index (χ1n) is 7.34. The minimum absolute atomic E-state index is 0.0667. The molecule has 1 atom stereocenters. The van der Waals surface area contributed by atoms with E-state index < -0.39 is 0 Å². The number of ether oxygens (including phenoxy) is 2. The van der Waals surface area contributed by atoms with Crippen LogP contribution in [0.5, 0.6) is 17.2 Å². The van der Waals surface area contributed by atoms with E-state index >= 15 is 0 Å². The highest BCUT2D eigenvalue weighted by Gasteiger charge is 2.16. The van der Waals surface area contributed by atoms with Crippen LogP contribution in [0.2, 0.25) is 0 Å². The van der Waals surface area contributed by atoms with Crippen LogP contribution in [0, 0.1) is 0 Å². The Morgan fingerprint density at radius 3 is 2.43 bits per heavy atom. The maximum absolute atomic E-state index is 12.5. The van der Waals surface area contributed by atoms with Crippen molar-refractivity contribution in [2.24, 2.45) is 0 Å². The van der Waals surface area contributed by atoms with Gasteiger partial charge >= 0.3 is 0 Å². The number of hydrogen-bond donors (Lipinski definition) is 2. The topological polar surface area (TPSA) is 67.8 Å². The summed E-state index contributed by atoms with van der Waals surface area (Å²) in [5, 5.41) is 12.2. The molecule has 5 heteroatoms. The van der Waals surface area contributed by atoms with Gasteiger partial charge in [-0.05, 0) is 49.2 Å². The van der Waals surface area contributed by atoms with Gasteiger partial charge in [-0.15, -0.1) is 0 Å². The van der Waals surface area contributed by atoms with E-state index in [0.717, 1.165) is 5.56 Å². The number of aromatic hydroxyl groups is 1. The first kappa shape index (κ1) is 16.7. The number of benzene rings is 2. The minimum Gasteiger partial charge on any atom is -0.508 e. The van der Waals surface area contributed by atoms with Crippen LogP contribution in [0.15, 0.2) is 42.5 Å². The first-order chi connectivity index (χ1) is 11.0. The Kier molecular flexibility index (Phi) is 5.46. The molecule has 122 valence electrons. The van der Waals surface area contributed by atoms with Gasteiger partial charge in [-0.1, -0.05) is 12.1 Å². The van der Waals surface area contributed by atoms with E-state index in [1.807, 2.05) is 19.1 Å². The van der Waals surface area contributed by atoms with Crippen molar-refractivity contribution in [3.63, 3.8) is 0 Å². The SMILES string of the molecule is COc1ccc(OC)c(C(=O)NC(C)Cc2ccc(O)cc2)c1. The molecule has 5 nitrogen and oxygen atoms in total. The van der Waals surface area contributed by atoms with Crippen molar-refractivity contribution in [2.75, 3.05) is 14.2 Å². The molecule has 0 heterocycles. The van der Waals surface area contributed by atoms with Crippen LogP contribution in [0.4, 0.5) is 0 Å². The number of amides is 1. The van der Waals surface area contributed by atoms with E-state index in [0.29, 0.717) is 23.5 Å². The summed E-state index contributed by atoms with van der Waals surface area (Å²) in [6.45, 7) is 1.93. The molecular weight excluding hydrogens is 294 g/mol. The van der Waals surface area contributed by atoms with Crippen molar-refractivity contribution < 1.29 is 19.4 Å². The van der Waals surface area contributed by atoms with Crippen LogP contribution in [-0.4, -0.2) is 31.3 Å². The monoisotopic (exact) mass is 315 g/mol. The normalized spacial score (nSPS) is 11.6.